The first kappa shape index (κ1) is 18.9. The molecule has 0 spiro atoms. The molecule has 0 aliphatic heterocycles. The van der Waals surface area contributed by atoms with Crippen LogP contribution in [0.25, 0.3) is 22.8 Å². The van der Waals surface area contributed by atoms with Gasteiger partial charge in [-0.15, -0.1) is 0 Å². The molecule has 0 bridgehead atoms. The smallest absolute Gasteiger partial charge is 0.306 e. The zero-order chi connectivity index (χ0) is 20.2. The molecule has 0 radical (unpaired) electrons. The number of carbonyl (C=O) groups excluding carboxylic acids is 1. The first-order valence-corrected chi connectivity index (χ1v) is 9.43. The van der Waals surface area contributed by atoms with Gasteiger partial charge in [0.25, 0.3) is 5.89 Å². The van der Waals surface area contributed by atoms with Gasteiger partial charge in [-0.25, -0.2) is 13.8 Å². The van der Waals surface area contributed by atoms with Gasteiger partial charge in [-0.1, -0.05) is 5.16 Å². The van der Waals surface area contributed by atoms with Crippen LogP contribution in [0.5, 0.6) is 0 Å². The van der Waals surface area contributed by atoms with Crippen molar-refractivity contribution in [2.45, 2.75) is 19.4 Å². The lowest BCUT2D eigenvalue weighted by Crippen LogP contribution is -2.06. The number of aromatic nitrogens is 3. The van der Waals surface area contributed by atoms with Gasteiger partial charge in [-0.05, 0) is 23.6 Å². The Bertz CT molecular complexity index is 1120. The summed E-state index contributed by atoms with van der Waals surface area (Å²) < 4.78 is 42.4. The van der Waals surface area contributed by atoms with E-state index >= 15 is 0 Å². The van der Waals surface area contributed by atoms with Crippen LogP contribution in [0.3, 0.4) is 0 Å². The fourth-order valence-electron chi connectivity index (χ4n) is 2.48. The summed E-state index contributed by atoms with van der Waals surface area (Å²) in [6, 6.07) is 4.99. The highest BCUT2D eigenvalue weighted by atomic mass is 32.1. The number of nitrogens with zero attached hydrogens (tertiary/aromatic N) is 3. The van der Waals surface area contributed by atoms with E-state index in [2.05, 4.69) is 15.1 Å². The first-order valence-electron chi connectivity index (χ1n) is 8.49. The van der Waals surface area contributed by atoms with Gasteiger partial charge in [0, 0.05) is 17.9 Å². The summed E-state index contributed by atoms with van der Waals surface area (Å²) in [5.74, 6) is -0.938. The monoisotopic (exact) mass is 417 g/mol. The molecule has 0 unspecified atom stereocenters. The molecule has 7 nitrogen and oxygen atoms in total. The number of aryl methyl sites for hydroxylation is 1. The summed E-state index contributed by atoms with van der Waals surface area (Å²) in [6.07, 6.45) is 1.48. The lowest BCUT2D eigenvalue weighted by molar-refractivity contribution is -0.145. The molecule has 0 aliphatic rings. The molecule has 0 amide bonds. The van der Waals surface area contributed by atoms with Crippen LogP contribution in [0.4, 0.5) is 8.78 Å². The van der Waals surface area contributed by atoms with Gasteiger partial charge in [-0.2, -0.15) is 16.3 Å². The third kappa shape index (κ3) is 4.54. The molecule has 4 aromatic rings. The van der Waals surface area contributed by atoms with Gasteiger partial charge < -0.3 is 13.7 Å². The number of ether oxygens (including phenoxy) is 1. The first-order chi connectivity index (χ1) is 14.1. The predicted molar refractivity (Wildman–Crippen MR) is 97.6 cm³/mol. The van der Waals surface area contributed by atoms with Gasteiger partial charge in [0.1, 0.15) is 11.6 Å². The largest absolute Gasteiger partial charge is 0.457 e. The fourth-order valence-corrected chi connectivity index (χ4v) is 3.11. The molecule has 0 fully saturated rings. The SMILES string of the molecule is O=C(CCc1ncc(-c2ccc(F)cc2F)o1)OCc1noc(-c2ccsc2)n1. The van der Waals surface area contributed by atoms with E-state index < -0.39 is 17.6 Å². The molecular weight excluding hydrogens is 404 g/mol. The average molecular weight is 417 g/mol. The maximum atomic E-state index is 13.8. The van der Waals surface area contributed by atoms with Crippen LogP contribution in [-0.2, 0) is 22.6 Å². The number of oxazole rings is 1. The molecular formula is C19H13F2N3O4S. The second-order valence-electron chi connectivity index (χ2n) is 5.93. The lowest BCUT2D eigenvalue weighted by Gasteiger charge is -2.01. The number of hydrogen-bond acceptors (Lipinski definition) is 8. The zero-order valence-electron chi connectivity index (χ0n) is 14.8. The van der Waals surface area contributed by atoms with Crippen molar-refractivity contribution in [3.63, 3.8) is 0 Å². The third-order valence-electron chi connectivity index (χ3n) is 3.89. The Kier molecular flexibility index (Phi) is 5.43. The van der Waals surface area contributed by atoms with Crippen molar-refractivity contribution in [2.24, 2.45) is 0 Å². The van der Waals surface area contributed by atoms with E-state index in [1.807, 2.05) is 16.8 Å². The second kappa shape index (κ2) is 8.31. The van der Waals surface area contributed by atoms with E-state index in [1.54, 1.807) is 0 Å². The summed E-state index contributed by atoms with van der Waals surface area (Å²) in [6.45, 7) is -0.121. The Morgan fingerprint density at radius 1 is 1.24 bits per heavy atom. The summed E-state index contributed by atoms with van der Waals surface area (Å²) in [5, 5.41) is 7.52. The number of benzene rings is 1. The fraction of sp³-hybridized carbons (Fsp3) is 0.158. The molecule has 148 valence electrons. The van der Waals surface area contributed by atoms with Crippen molar-refractivity contribution < 1.29 is 27.3 Å². The number of carbonyl (C=O) groups is 1. The number of rotatable bonds is 7. The van der Waals surface area contributed by atoms with Crippen LogP contribution >= 0.6 is 11.3 Å². The van der Waals surface area contributed by atoms with Crippen LogP contribution in [0, 0.1) is 11.6 Å². The Morgan fingerprint density at radius 2 is 2.14 bits per heavy atom. The maximum absolute atomic E-state index is 13.8. The molecule has 3 heterocycles. The highest BCUT2D eigenvalue weighted by molar-refractivity contribution is 7.08. The maximum Gasteiger partial charge on any atom is 0.306 e. The van der Waals surface area contributed by atoms with Crippen molar-refractivity contribution in [1.82, 2.24) is 15.1 Å². The minimum atomic E-state index is -0.756. The summed E-state index contributed by atoms with van der Waals surface area (Å²) >= 11 is 1.50. The Balaban J connectivity index is 1.28. The molecule has 0 aliphatic carbocycles. The lowest BCUT2D eigenvalue weighted by atomic mass is 10.2. The highest BCUT2D eigenvalue weighted by Crippen LogP contribution is 2.24. The quantitative estimate of drug-likeness (QED) is 0.411. The second-order valence-corrected chi connectivity index (χ2v) is 6.71. The molecule has 1 aromatic carbocycles. The van der Waals surface area contributed by atoms with Gasteiger partial charge in [-0.3, -0.25) is 4.79 Å². The van der Waals surface area contributed by atoms with Crippen LogP contribution < -0.4 is 0 Å². The van der Waals surface area contributed by atoms with E-state index in [1.165, 1.54) is 23.6 Å². The van der Waals surface area contributed by atoms with Crippen LogP contribution in [0.2, 0.25) is 0 Å². The predicted octanol–water partition coefficient (Wildman–Crippen LogP) is 4.41. The standard InChI is InChI=1S/C19H13F2N3O4S/c20-12-1-2-13(14(21)7-12)15-8-22-17(27-15)3-4-18(25)26-9-16-23-19(28-24-16)11-5-6-29-10-11/h1-2,5-8,10H,3-4,9H2. The zero-order valence-corrected chi connectivity index (χ0v) is 15.6. The summed E-state index contributed by atoms with van der Waals surface area (Å²) in [4.78, 5) is 20.1. The van der Waals surface area contributed by atoms with E-state index in [0.29, 0.717) is 5.89 Å². The van der Waals surface area contributed by atoms with E-state index in [0.717, 1.165) is 17.7 Å². The van der Waals surface area contributed by atoms with Crippen molar-refractivity contribution in [2.75, 3.05) is 0 Å². The molecule has 0 N–H and O–H groups in total. The Morgan fingerprint density at radius 3 is 2.93 bits per heavy atom. The van der Waals surface area contributed by atoms with Crippen molar-refractivity contribution >= 4 is 17.3 Å². The number of hydrogen-bond donors (Lipinski definition) is 0. The summed E-state index contributed by atoms with van der Waals surface area (Å²) in [5.41, 5.74) is 0.892. The van der Waals surface area contributed by atoms with E-state index in [-0.39, 0.29) is 42.5 Å². The van der Waals surface area contributed by atoms with Crippen molar-refractivity contribution in [3.05, 3.63) is 64.6 Å². The normalized spacial score (nSPS) is 11.0. The molecule has 29 heavy (non-hydrogen) atoms. The molecule has 0 saturated carbocycles. The molecule has 4 rings (SSSR count). The van der Waals surface area contributed by atoms with Gasteiger partial charge in [0.2, 0.25) is 5.82 Å². The topological polar surface area (TPSA) is 91.2 Å². The van der Waals surface area contributed by atoms with E-state index in [9.17, 15) is 13.6 Å². The van der Waals surface area contributed by atoms with E-state index in [4.69, 9.17) is 13.7 Å². The Labute approximate surface area is 167 Å². The Hall–Kier alpha value is -3.40. The van der Waals surface area contributed by atoms with Crippen molar-refractivity contribution in [3.8, 4) is 22.8 Å². The molecule has 0 saturated heterocycles. The average Bonchev–Trinajstić information content (AvgIpc) is 3.46. The molecule has 10 heteroatoms. The number of thiophene rings is 1. The molecule has 0 atom stereocenters. The van der Waals surface area contributed by atoms with Gasteiger partial charge >= 0.3 is 5.97 Å². The minimum absolute atomic E-state index is 0.00108. The highest BCUT2D eigenvalue weighted by Gasteiger charge is 2.15. The van der Waals surface area contributed by atoms with Crippen LogP contribution in [-0.4, -0.2) is 21.1 Å². The van der Waals surface area contributed by atoms with Gasteiger partial charge in [0.05, 0.1) is 23.7 Å². The number of halogens is 2. The minimum Gasteiger partial charge on any atom is -0.457 e. The number of esters is 1. The summed E-state index contributed by atoms with van der Waals surface area (Å²) in [7, 11) is 0. The van der Waals surface area contributed by atoms with Crippen LogP contribution in [0.15, 0.2) is 50.2 Å². The molecule has 3 aromatic heterocycles. The van der Waals surface area contributed by atoms with Crippen LogP contribution in [0.1, 0.15) is 18.1 Å². The third-order valence-corrected chi connectivity index (χ3v) is 4.57. The van der Waals surface area contributed by atoms with Crippen molar-refractivity contribution in [1.29, 1.82) is 0 Å². The van der Waals surface area contributed by atoms with Gasteiger partial charge in [0.15, 0.2) is 18.3 Å².